The van der Waals surface area contributed by atoms with Gasteiger partial charge >= 0.3 is 0 Å². The van der Waals surface area contributed by atoms with Crippen LogP contribution < -0.4 is 4.90 Å². The molecule has 3 aliphatic rings. The van der Waals surface area contributed by atoms with Gasteiger partial charge in [0, 0.05) is 71.2 Å². The number of nitrogens with zero attached hydrogens (tertiary/aromatic N) is 2. The van der Waals surface area contributed by atoms with Gasteiger partial charge in [-0.2, -0.15) is 0 Å². The number of hydrogen-bond donors (Lipinski definition) is 0. The molecule has 4 heteroatoms. The average molecular weight is 1450 g/mol. The minimum atomic E-state index is -0.381. The third-order valence-electron chi connectivity index (χ3n) is 26.8. The summed E-state index contributed by atoms with van der Waals surface area (Å²) < 4.78 is 16.6. The maximum absolute atomic E-state index is 7.22. The number of fused-ring (bicyclic) bond motifs is 20. The lowest BCUT2D eigenvalue weighted by molar-refractivity contribution is 0.394. The number of aryl methyl sites for hydroxylation is 3. The number of benzene rings is 11. The van der Waals surface area contributed by atoms with Crippen molar-refractivity contribution in [3.05, 3.63) is 250 Å². The molecule has 110 heavy (non-hydrogen) atoms. The minimum absolute atomic E-state index is 0.109. The highest BCUT2D eigenvalue weighted by atomic mass is 16.3. The zero-order chi connectivity index (χ0) is 75.3. The number of anilines is 3. The molecule has 0 saturated heterocycles. The summed E-state index contributed by atoms with van der Waals surface area (Å²) in [7, 11) is 0. The first-order chi connectivity index (χ1) is 53.9. The molecule has 11 aromatic carbocycles. The highest BCUT2D eigenvalue weighted by Gasteiger charge is 2.49. The van der Waals surface area contributed by atoms with Crippen molar-refractivity contribution in [2.45, 2.75) is 258 Å². The van der Waals surface area contributed by atoms with Crippen molar-refractivity contribution in [3.63, 3.8) is 0 Å². The summed E-state index contributed by atoms with van der Waals surface area (Å²) in [6.07, 6.45) is 35.5. The van der Waals surface area contributed by atoms with Gasteiger partial charge in [0.05, 0.1) is 16.7 Å². The van der Waals surface area contributed by atoms with Crippen molar-refractivity contribution in [1.82, 2.24) is 4.57 Å². The maximum atomic E-state index is 7.22. The molecule has 0 N–H and O–H groups in total. The van der Waals surface area contributed by atoms with E-state index in [1.165, 1.54) is 283 Å². The lowest BCUT2D eigenvalue weighted by atomic mass is 9.68. The average Bonchev–Trinajstić information content (AvgIpc) is 1.53. The Balaban J connectivity index is 0.852. The summed E-state index contributed by atoms with van der Waals surface area (Å²) in [4.78, 5) is 2.70. The summed E-state index contributed by atoms with van der Waals surface area (Å²) in [6, 6.07) is 78.1. The Morgan fingerprint density at radius 1 is 0.327 bits per heavy atom. The molecule has 0 saturated carbocycles. The van der Waals surface area contributed by atoms with Gasteiger partial charge in [0.1, 0.15) is 22.3 Å². The van der Waals surface area contributed by atoms with Crippen LogP contribution in [0.2, 0.25) is 0 Å². The lowest BCUT2D eigenvalue weighted by Gasteiger charge is -2.35. The van der Waals surface area contributed by atoms with E-state index in [0.29, 0.717) is 0 Å². The van der Waals surface area contributed by atoms with E-state index in [-0.39, 0.29) is 16.2 Å². The molecule has 0 fully saturated rings. The molecule has 0 spiro atoms. The SMILES string of the molecule is CCCCCCCCC1(CCCCCCCC)c2cc(N(c3ccc4c(c3)C(C)(C)c3cc(-c5ccc6c(c5)c5ccccc5n6-c5ccccc5)c5oc6ccccc6c5c3-4)c3c(C)cc(C)cc3C)ccc2-c2cc3c(cc21)-c1c(ccc2oc4ccccc4c12)C3(CCCCCCCC)CCCCCCCC. The van der Waals surface area contributed by atoms with Crippen LogP contribution in [0, 0.1) is 20.8 Å². The van der Waals surface area contributed by atoms with Crippen molar-refractivity contribution in [1.29, 1.82) is 0 Å². The van der Waals surface area contributed by atoms with Crippen molar-refractivity contribution >= 4 is 82.7 Å². The van der Waals surface area contributed by atoms with E-state index in [0.717, 1.165) is 57.4 Å². The van der Waals surface area contributed by atoms with Gasteiger partial charge in [0.25, 0.3) is 0 Å². The van der Waals surface area contributed by atoms with Crippen molar-refractivity contribution in [3.8, 4) is 50.2 Å². The quantitative estimate of drug-likeness (QED) is 0.0385. The topological polar surface area (TPSA) is 34.5 Å². The zero-order valence-corrected chi connectivity index (χ0v) is 67.6. The number of unbranched alkanes of at least 4 members (excludes halogenated alkanes) is 20. The van der Waals surface area contributed by atoms with Gasteiger partial charge in [-0.1, -0.05) is 310 Å². The van der Waals surface area contributed by atoms with Gasteiger partial charge in [-0.15, -0.1) is 0 Å². The second-order valence-electron chi connectivity index (χ2n) is 34.4. The highest BCUT2D eigenvalue weighted by molar-refractivity contribution is 6.20. The molecule has 3 heterocycles. The van der Waals surface area contributed by atoms with Gasteiger partial charge in [0.2, 0.25) is 0 Å². The molecule has 4 nitrogen and oxygen atoms in total. The fourth-order valence-corrected chi connectivity index (χ4v) is 21.4. The fourth-order valence-electron chi connectivity index (χ4n) is 21.4. The smallest absolute Gasteiger partial charge is 0.143 e. The largest absolute Gasteiger partial charge is 0.456 e. The van der Waals surface area contributed by atoms with E-state index in [4.69, 9.17) is 8.83 Å². The third kappa shape index (κ3) is 12.7. The number of hydrogen-bond acceptors (Lipinski definition) is 3. The molecule has 14 aromatic rings. The van der Waals surface area contributed by atoms with Gasteiger partial charge in [-0.3, -0.25) is 0 Å². The van der Waals surface area contributed by atoms with Crippen LogP contribution in [0.15, 0.2) is 209 Å². The van der Waals surface area contributed by atoms with Gasteiger partial charge in [-0.05, 0) is 221 Å². The van der Waals surface area contributed by atoms with Gasteiger partial charge in [0.15, 0.2) is 0 Å². The van der Waals surface area contributed by atoms with Crippen LogP contribution >= 0.6 is 0 Å². The second-order valence-corrected chi connectivity index (χ2v) is 34.4. The molecule has 0 bridgehead atoms. The van der Waals surface area contributed by atoms with Crippen LogP contribution in [-0.4, -0.2) is 4.57 Å². The summed E-state index contributed by atoms with van der Waals surface area (Å²) in [5, 5.41) is 7.42. The Hall–Kier alpha value is -9.38. The first-order valence-electron chi connectivity index (χ1n) is 43.3. The molecular formula is C106H116N2O2. The van der Waals surface area contributed by atoms with Crippen LogP contribution in [0.3, 0.4) is 0 Å². The van der Waals surface area contributed by atoms with E-state index in [9.17, 15) is 0 Å². The Labute approximate surface area is 655 Å². The normalized spacial score (nSPS) is 14.2. The Bertz CT molecular complexity index is 5670. The number of aromatic nitrogens is 1. The van der Waals surface area contributed by atoms with Crippen LogP contribution in [0.1, 0.15) is 271 Å². The molecule has 3 aliphatic carbocycles. The van der Waals surface area contributed by atoms with Gasteiger partial charge < -0.3 is 18.3 Å². The van der Waals surface area contributed by atoms with E-state index in [2.05, 4.69) is 272 Å². The van der Waals surface area contributed by atoms with E-state index in [1.807, 2.05) is 0 Å². The minimum Gasteiger partial charge on any atom is -0.456 e. The third-order valence-corrected chi connectivity index (χ3v) is 26.8. The maximum Gasteiger partial charge on any atom is 0.143 e. The molecule has 0 aliphatic heterocycles. The molecule has 0 radical (unpaired) electrons. The number of rotatable bonds is 33. The lowest BCUT2D eigenvalue weighted by Crippen LogP contribution is -2.27. The predicted molar refractivity (Wildman–Crippen MR) is 472 cm³/mol. The Kier molecular flexibility index (Phi) is 20.7. The van der Waals surface area contributed by atoms with Crippen LogP contribution in [0.4, 0.5) is 17.1 Å². The van der Waals surface area contributed by atoms with E-state index in [1.54, 1.807) is 22.3 Å². The van der Waals surface area contributed by atoms with Crippen LogP contribution in [-0.2, 0) is 16.2 Å². The number of para-hydroxylation sites is 4. The molecule has 0 atom stereocenters. The molecule has 17 rings (SSSR count). The summed E-state index contributed by atoms with van der Waals surface area (Å²) in [5.74, 6) is 0. The molecule has 562 valence electrons. The Morgan fingerprint density at radius 2 is 0.800 bits per heavy atom. The standard InChI is InChI=1S/C106H116N2O2/c1-10-14-18-22-26-39-59-105(60-40-27-23-19-15-11-2)87-56-58-97-100(81-46-34-37-49-95(81)109-97)99(87)86-70-90-84(69-91(86)105)78-54-52-77(67-89(78)106(90,61-41-28-24-20-16-12-3)62-42-29-25-21-17-13-4)107(102-72(6)63-71(5)64-73(102)7)76-53-55-80-88(66-76)104(8,9)92-68-83(103-101(98(80)92)82-47-35-38-50-96(82)110-103)74-51-57-94-85(65-74)79-45-33-36-48-93(79)108(94)75-43-31-30-32-44-75/h30-38,43-58,63-70H,10-29,39-42,59-62H2,1-9H3. The monoisotopic (exact) mass is 1450 g/mol. The summed E-state index contributed by atoms with van der Waals surface area (Å²) in [5.41, 5.74) is 34.1. The van der Waals surface area contributed by atoms with Crippen molar-refractivity contribution < 1.29 is 8.83 Å². The van der Waals surface area contributed by atoms with Crippen LogP contribution in [0.25, 0.3) is 116 Å². The van der Waals surface area contributed by atoms with E-state index >= 15 is 0 Å². The number of furan rings is 2. The highest BCUT2D eigenvalue weighted by Crippen LogP contribution is 2.64. The Morgan fingerprint density at radius 3 is 1.42 bits per heavy atom. The molecule has 0 amide bonds. The zero-order valence-electron chi connectivity index (χ0n) is 67.6. The molecule has 3 aromatic heterocycles. The first kappa shape index (κ1) is 73.4. The van der Waals surface area contributed by atoms with E-state index < -0.39 is 0 Å². The predicted octanol–water partition coefficient (Wildman–Crippen LogP) is 32.5. The van der Waals surface area contributed by atoms with Crippen LogP contribution in [0.5, 0.6) is 0 Å². The summed E-state index contributed by atoms with van der Waals surface area (Å²) >= 11 is 0. The summed E-state index contributed by atoms with van der Waals surface area (Å²) in [6.45, 7) is 21.4. The molecule has 0 unspecified atom stereocenters. The van der Waals surface area contributed by atoms with Crippen molar-refractivity contribution in [2.75, 3.05) is 4.90 Å². The second kappa shape index (κ2) is 31.1. The fraction of sp³-hybridized carbons (Fsp3) is 0.377. The van der Waals surface area contributed by atoms with Gasteiger partial charge in [-0.25, -0.2) is 0 Å². The van der Waals surface area contributed by atoms with Crippen molar-refractivity contribution in [2.24, 2.45) is 0 Å². The molecular weight excluding hydrogens is 1330 g/mol. The first-order valence-corrected chi connectivity index (χ1v) is 43.3.